The Bertz CT molecular complexity index is 2390. The van der Waals surface area contributed by atoms with Gasteiger partial charge in [0.05, 0.1) is 48.6 Å². The second-order valence-corrected chi connectivity index (χ2v) is 15.8. The molecule has 0 amide bonds. The zero-order chi connectivity index (χ0) is 46.3. The van der Waals surface area contributed by atoms with Crippen molar-refractivity contribution in [2.75, 3.05) is 43.5 Å². The second kappa shape index (κ2) is 28.5. The van der Waals surface area contributed by atoms with Crippen LogP contribution >= 0.6 is 11.6 Å². The number of nitrogens with zero attached hydrogens (tertiary/aromatic N) is 9. The second-order valence-electron chi connectivity index (χ2n) is 15.4. The summed E-state index contributed by atoms with van der Waals surface area (Å²) in [6, 6.07) is 5.06. The number of ether oxygens (including phenoxy) is 2. The molecule has 0 aliphatic heterocycles. The smallest absolute Gasteiger partial charge is 0.870 e. The normalized spacial score (nSPS) is 10.7. The molecule has 6 heterocycles. The third-order valence-corrected chi connectivity index (χ3v) is 8.35. The minimum absolute atomic E-state index is 0. The number of hydrogen-bond acceptors (Lipinski definition) is 18. The van der Waals surface area contributed by atoms with Crippen LogP contribution in [0.5, 0.6) is 0 Å². The molecule has 0 atom stereocenters. The van der Waals surface area contributed by atoms with Crippen molar-refractivity contribution in [2.24, 2.45) is 5.73 Å². The summed E-state index contributed by atoms with van der Waals surface area (Å²) in [6.45, 7) is 16.3. The van der Waals surface area contributed by atoms with Gasteiger partial charge in [-0.2, -0.15) is 15.3 Å². The molecule has 13 N–H and O–H groups in total. The SMILES string of the molecule is CC(C)(O)CCN.CC(C)(O)CCNc1ccn2ncc(C(=O)O)c2n1.CCOC(=O)c1cnn2ccc(Cl)nc12.CCOC(=O)c1cnn2ccc(NCCC(C)(C)O)nc12.O.O.[Li+].[OH-]. The molecule has 0 spiro atoms. The Balaban J connectivity index is 0. The van der Waals surface area contributed by atoms with Gasteiger partial charge in [-0.3, -0.25) is 0 Å². The zero-order valence-corrected chi connectivity index (χ0v) is 39.4. The van der Waals surface area contributed by atoms with E-state index in [2.05, 4.69) is 40.9 Å². The molecule has 0 saturated carbocycles. The van der Waals surface area contributed by atoms with E-state index in [1.165, 1.54) is 32.1 Å². The summed E-state index contributed by atoms with van der Waals surface area (Å²) in [6.07, 6.45) is 10.9. The van der Waals surface area contributed by atoms with Gasteiger partial charge in [-0.05, 0) is 99.4 Å². The number of nitrogens with one attached hydrogen (secondary N) is 2. The monoisotopic (exact) mass is 944 g/mol. The number of carboxylic acid groups (broad SMARTS) is 1. The van der Waals surface area contributed by atoms with Crippen LogP contribution in [0.25, 0.3) is 16.9 Å². The largest absolute Gasteiger partial charge is 1.00 e. The standard InChI is InChI=1S/C14H20N4O3.C12H16N4O3.C9H8ClN3O2.C5H13NO.Li.3H2O/c1-4-21-13(19)10-9-16-18-8-5-11(17-12(10)18)15-7-6-14(2,3)20;1-12(2,19)4-5-13-9-3-6-16-10(15-9)8(7-14-16)11(17)18;1-2-15-9(14)6-5-11-13-4-3-7(10)12-8(6)13;1-5(2,7)3-4-6;;;;/h5,8-9,20H,4,6-7H2,1-3H3,(H,15,17);3,6-7,19H,4-5H2,1-2H3,(H,13,15)(H,17,18);3-5H,2H2,1H3;7H,3-4,6H2,1-2H3;;3*1H2/q;;;;+1;;;/p-1. The Kier molecular flexibility index (Phi) is 27.0. The molecule has 0 saturated heterocycles. The van der Waals surface area contributed by atoms with Crippen LogP contribution < -0.4 is 35.2 Å². The predicted octanol–water partition coefficient (Wildman–Crippen LogP) is -0.677. The van der Waals surface area contributed by atoms with E-state index in [0.29, 0.717) is 97.0 Å². The van der Waals surface area contributed by atoms with Crippen LogP contribution in [0.15, 0.2) is 55.4 Å². The number of nitrogens with two attached hydrogens (primary N) is 1. The maximum Gasteiger partial charge on any atom is 1.00 e. The molecular weight excluding hydrogens is 883 g/mol. The number of halogens is 1. The summed E-state index contributed by atoms with van der Waals surface area (Å²) in [5, 5.41) is 55.6. The first-order valence-electron chi connectivity index (χ1n) is 19.7. The van der Waals surface area contributed by atoms with Gasteiger partial charge in [-0.1, -0.05) is 11.6 Å². The average molecular weight is 945 g/mol. The van der Waals surface area contributed by atoms with Gasteiger partial charge in [-0.15, -0.1) is 0 Å². The number of esters is 2. The molecule has 66 heavy (non-hydrogen) atoms. The first-order chi connectivity index (χ1) is 29.1. The van der Waals surface area contributed by atoms with Gasteiger partial charge >= 0.3 is 36.8 Å². The average Bonchev–Trinajstić information content (AvgIpc) is 3.91. The fourth-order valence-corrected chi connectivity index (χ4v) is 5.12. The van der Waals surface area contributed by atoms with E-state index in [9.17, 15) is 24.6 Å². The van der Waals surface area contributed by atoms with Crippen LogP contribution in [0.1, 0.15) is 106 Å². The van der Waals surface area contributed by atoms with Crippen molar-refractivity contribution < 1.29 is 79.6 Å². The minimum Gasteiger partial charge on any atom is -0.870 e. The molecule has 6 rings (SSSR count). The van der Waals surface area contributed by atoms with Gasteiger partial charge in [0, 0.05) is 31.7 Å². The third kappa shape index (κ3) is 20.8. The van der Waals surface area contributed by atoms with Crippen LogP contribution in [-0.4, -0.2) is 148 Å². The third-order valence-electron chi connectivity index (χ3n) is 8.14. The van der Waals surface area contributed by atoms with Crippen molar-refractivity contribution in [3.05, 3.63) is 77.2 Å². The van der Waals surface area contributed by atoms with Gasteiger partial charge in [0.2, 0.25) is 0 Å². The fraction of sp³-hybridized carbons (Fsp3) is 0.475. The number of carboxylic acids is 1. The number of hydrogen-bond donors (Lipinski definition) is 7. The van der Waals surface area contributed by atoms with Crippen molar-refractivity contribution in [2.45, 2.75) is 91.5 Å². The maximum atomic E-state index is 11.8. The topological polar surface area (TPSA) is 384 Å². The number of fused-ring (bicyclic) bond motifs is 3. The van der Waals surface area contributed by atoms with E-state index < -0.39 is 34.7 Å². The van der Waals surface area contributed by atoms with E-state index in [-0.39, 0.29) is 40.9 Å². The first-order valence-corrected chi connectivity index (χ1v) is 20.0. The molecule has 6 aromatic rings. The Hall–Kier alpha value is -5.52. The van der Waals surface area contributed by atoms with E-state index in [0.717, 1.165) is 0 Å². The van der Waals surface area contributed by atoms with Crippen molar-refractivity contribution >= 4 is 58.1 Å². The summed E-state index contributed by atoms with van der Waals surface area (Å²) < 4.78 is 14.2. The number of aromatic nitrogens is 9. The quantitative estimate of drug-likeness (QED) is 0.0381. The van der Waals surface area contributed by atoms with Crippen LogP contribution in [0.3, 0.4) is 0 Å². The fourth-order valence-electron chi connectivity index (χ4n) is 4.98. The molecule has 0 unspecified atom stereocenters. The van der Waals surface area contributed by atoms with Crippen molar-refractivity contribution in [1.29, 1.82) is 0 Å². The van der Waals surface area contributed by atoms with Crippen LogP contribution in [0.2, 0.25) is 5.15 Å². The van der Waals surface area contributed by atoms with Crippen LogP contribution in [0, 0.1) is 0 Å². The Labute approximate surface area is 398 Å². The van der Waals surface area contributed by atoms with Gasteiger partial charge < -0.3 is 62.7 Å². The Morgan fingerprint density at radius 2 is 1.00 bits per heavy atom. The molecular formula is C40H62ClLiN12O12. The number of aliphatic hydroxyl groups is 3. The van der Waals surface area contributed by atoms with E-state index >= 15 is 0 Å². The van der Waals surface area contributed by atoms with Gasteiger partial charge in [0.1, 0.15) is 33.5 Å². The molecule has 26 heteroatoms. The first kappa shape index (κ1) is 62.6. The van der Waals surface area contributed by atoms with Crippen LogP contribution in [-0.2, 0) is 9.47 Å². The van der Waals surface area contributed by atoms with E-state index in [1.54, 1.807) is 92.2 Å². The van der Waals surface area contributed by atoms with Gasteiger partial charge in [0.15, 0.2) is 16.9 Å². The predicted molar refractivity (Wildman–Crippen MR) is 241 cm³/mol. The number of carbonyl (C=O) groups excluding carboxylic acids is 2. The molecule has 0 fully saturated rings. The number of carbonyl (C=O) groups is 3. The number of aromatic carboxylic acids is 1. The molecule has 0 aliphatic rings. The zero-order valence-electron chi connectivity index (χ0n) is 38.6. The Morgan fingerprint density at radius 3 is 1.33 bits per heavy atom. The molecule has 362 valence electrons. The summed E-state index contributed by atoms with van der Waals surface area (Å²) in [5.74, 6) is -0.760. The van der Waals surface area contributed by atoms with Crippen molar-refractivity contribution in [1.82, 2.24) is 43.8 Å². The van der Waals surface area contributed by atoms with Gasteiger partial charge in [-0.25, -0.2) is 42.9 Å². The van der Waals surface area contributed by atoms with Crippen molar-refractivity contribution in [3.63, 3.8) is 0 Å². The molecule has 0 aliphatic carbocycles. The Morgan fingerprint density at radius 1 is 0.652 bits per heavy atom. The molecule has 0 bridgehead atoms. The van der Waals surface area contributed by atoms with Crippen molar-refractivity contribution in [3.8, 4) is 0 Å². The maximum absolute atomic E-state index is 11.8. The summed E-state index contributed by atoms with van der Waals surface area (Å²) >= 11 is 5.72. The van der Waals surface area contributed by atoms with Crippen LogP contribution in [0.4, 0.5) is 11.6 Å². The molecule has 0 radical (unpaired) electrons. The van der Waals surface area contributed by atoms with E-state index in [1.807, 2.05) is 0 Å². The van der Waals surface area contributed by atoms with E-state index in [4.69, 9.17) is 37.0 Å². The molecule has 0 aromatic carbocycles. The van der Waals surface area contributed by atoms with Gasteiger partial charge in [0.25, 0.3) is 0 Å². The summed E-state index contributed by atoms with van der Waals surface area (Å²) in [4.78, 5) is 46.8. The summed E-state index contributed by atoms with van der Waals surface area (Å²) in [7, 11) is 0. The minimum atomic E-state index is -1.06. The molecule has 6 aromatic heterocycles. The summed E-state index contributed by atoms with van der Waals surface area (Å²) in [5.41, 5.74) is 4.96. The number of rotatable bonds is 15. The molecule has 24 nitrogen and oxygen atoms in total. The number of anilines is 2.